The summed E-state index contributed by atoms with van der Waals surface area (Å²) in [6.07, 6.45) is 0.413. The molecule has 22 heavy (non-hydrogen) atoms. The predicted octanol–water partition coefficient (Wildman–Crippen LogP) is 3.35. The standard InChI is InChI=1S/C19H23NO2/c1-14-8-9-18(12-16(14)3)22-11-10-20-19(21)13-17-7-5-4-6-15(17)2/h4-9,12H,10-11,13H2,1-3H3,(H,20,21). The summed E-state index contributed by atoms with van der Waals surface area (Å²) in [7, 11) is 0. The van der Waals surface area contributed by atoms with Crippen molar-refractivity contribution in [2.75, 3.05) is 13.2 Å². The summed E-state index contributed by atoms with van der Waals surface area (Å²) in [6, 6.07) is 14.0. The molecule has 0 unspecified atom stereocenters. The third kappa shape index (κ3) is 4.62. The zero-order valence-electron chi connectivity index (χ0n) is 13.5. The van der Waals surface area contributed by atoms with Gasteiger partial charge in [-0.15, -0.1) is 0 Å². The summed E-state index contributed by atoms with van der Waals surface area (Å²) in [6.45, 7) is 7.14. The summed E-state index contributed by atoms with van der Waals surface area (Å²) in [5.41, 5.74) is 4.67. The lowest BCUT2D eigenvalue weighted by atomic mass is 10.1. The number of hydrogen-bond acceptors (Lipinski definition) is 2. The SMILES string of the molecule is Cc1ccc(OCCNC(=O)Cc2ccccc2C)cc1C. The minimum atomic E-state index is 0.0259. The fraction of sp³-hybridized carbons (Fsp3) is 0.316. The van der Waals surface area contributed by atoms with E-state index in [1.54, 1.807) is 0 Å². The molecule has 0 aromatic heterocycles. The van der Waals surface area contributed by atoms with Crippen LogP contribution < -0.4 is 10.1 Å². The monoisotopic (exact) mass is 297 g/mol. The molecule has 0 atom stereocenters. The average molecular weight is 297 g/mol. The normalized spacial score (nSPS) is 10.3. The van der Waals surface area contributed by atoms with Crippen LogP contribution in [-0.4, -0.2) is 19.1 Å². The highest BCUT2D eigenvalue weighted by molar-refractivity contribution is 5.78. The van der Waals surface area contributed by atoms with Gasteiger partial charge in [-0.25, -0.2) is 0 Å². The van der Waals surface area contributed by atoms with E-state index in [-0.39, 0.29) is 5.91 Å². The molecule has 0 heterocycles. The molecule has 1 N–H and O–H groups in total. The fourth-order valence-corrected chi connectivity index (χ4v) is 2.21. The molecule has 0 saturated heterocycles. The molecule has 116 valence electrons. The first-order chi connectivity index (χ1) is 10.6. The molecule has 0 radical (unpaired) electrons. The van der Waals surface area contributed by atoms with E-state index in [0.29, 0.717) is 19.6 Å². The highest BCUT2D eigenvalue weighted by atomic mass is 16.5. The van der Waals surface area contributed by atoms with Crippen LogP contribution in [0.1, 0.15) is 22.3 Å². The van der Waals surface area contributed by atoms with E-state index in [4.69, 9.17) is 4.74 Å². The molecular weight excluding hydrogens is 274 g/mol. The molecule has 0 aliphatic heterocycles. The summed E-state index contributed by atoms with van der Waals surface area (Å²) >= 11 is 0. The Morgan fingerprint density at radius 3 is 2.50 bits per heavy atom. The third-order valence-corrected chi connectivity index (χ3v) is 3.78. The zero-order chi connectivity index (χ0) is 15.9. The first kappa shape index (κ1) is 16.1. The van der Waals surface area contributed by atoms with Gasteiger partial charge in [0.25, 0.3) is 0 Å². The molecule has 3 heteroatoms. The number of aryl methyl sites for hydroxylation is 3. The Morgan fingerprint density at radius 1 is 1.00 bits per heavy atom. The van der Waals surface area contributed by atoms with Crippen molar-refractivity contribution in [3.8, 4) is 5.75 Å². The van der Waals surface area contributed by atoms with Crippen LogP contribution in [0.3, 0.4) is 0 Å². The van der Waals surface area contributed by atoms with Gasteiger partial charge in [0.1, 0.15) is 12.4 Å². The van der Waals surface area contributed by atoms with E-state index in [2.05, 4.69) is 19.2 Å². The van der Waals surface area contributed by atoms with Crippen LogP contribution in [0, 0.1) is 20.8 Å². The molecule has 1 amide bonds. The molecule has 0 saturated carbocycles. The quantitative estimate of drug-likeness (QED) is 0.830. The van der Waals surface area contributed by atoms with Gasteiger partial charge in [-0.1, -0.05) is 30.3 Å². The highest BCUT2D eigenvalue weighted by Crippen LogP contribution is 2.16. The molecule has 0 bridgehead atoms. The molecule has 2 rings (SSSR count). The Labute approximate surface area is 132 Å². The predicted molar refractivity (Wildman–Crippen MR) is 89.3 cm³/mol. The molecule has 2 aromatic carbocycles. The lowest BCUT2D eigenvalue weighted by Gasteiger charge is -2.10. The summed E-state index contributed by atoms with van der Waals surface area (Å²) in [5.74, 6) is 0.870. The van der Waals surface area contributed by atoms with E-state index in [0.717, 1.165) is 16.9 Å². The van der Waals surface area contributed by atoms with E-state index in [9.17, 15) is 4.79 Å². The number of hydrogen-bond donors (Lipinski definition) is 1. The first-order valence-electron chi connectivity index (χ1n) is 7.57. The Hall–Kier alpha value is -2.29. The Morgan fingerprint density at radius 2 is 1.77 bits per heavy atom. The van der Waals surface area contributed by atoms with Crippen LogP contribution in [0.15, 0.2) is 42.5 Å². The minimum Gasteiger partial charge on any atom is -0.492 e. The molecule has 2 aromatic rings. The van der Waals surface area contributed by atoms with Crippen molar-refractivity contribution in [1.82, 2.24) is 5.32 Å². The van der Waals surface area contributed by atoms with Crippen molar-refractivity contribution >= 4 is 5.91 Å². The second-order valence-electron chi connectivity index (χ2n) is 5.55. The van der Waals surface area contributed by atoms with Gasteiger partial charge < -0.3 is 10.1 Å². The topological polar surface area (TPSA) is 38.3 Å². The van der Waals surface area contributed by atoms with Gasteiger partial charge >= 0.3 is 0 Å². The van der Waals surface area contributed by atoms with Crippen molar-refractivity contribution in [2.24, 2.45) is 0 Å². The molecule has 0 fully saturated rings. The summed E-state index contributed by atoms with van der Waals surface area (Å²) in [5, 5.41) is 2.89. The van der Waals surface area contributed by atoms with Gasteiger partial charge in [0.2, 0.25) is 5.91 Å². The van der Waals surface area contributed by atoms with Crippen molar-refractivity contribution in [1.29, 1.82) is 0 Å². The van der Waals surface area contributed by atoms with Crippen LogP contribution in [0.4, 0.5) is 0 Å². The maximum absolute atomic E-state index is 11.9. The van der Waals surface area contributed by atoms with Gasteiger partial charge in [0, 0.05) is 0 Å². The van der Waals surface area contributed by atoms with Gasteiger partial charge in [0.15, 0.2) is 0 Å². The molecule has 0 aliphatic carbocycles. The maximum atomic E-state index is 11.9. The second kappa shape index (κ2) is 7.64. The lowest BCUT2D eigenvalue weighted by molar-refractivity contribution is -0.120. The Bertz CT molecular complexity index is 650. The number of carbonyl (C=O) groups excluding carboxylic acids is 1. The van der Waals surface area contributed by atoms with Crippen LogP contribution in [0.5, 0.6) is 5.75 Å². The minimum absolute atomic E-state index is 0.0259. The van der Waals surface area contributed by atoms with Crippen molar-refractivity contribution in [2.45, 2.75) is 27.2 Å². The Kier molecular flexibility index (Phi) is 5.59. The van der Waals surface area contributed by atoms with E-state index >= 15 is 0 Å². The maximum Gasteiger partial charge on any atom is 0.224 e. The van der Waals surface area contributed by atoms with Crippen LogP contribution in [0.25, 0.3) is 0 Å². The number of amides is 1. The van der Waals surface area contributed by atoms with Gasteiger partial charge in [-0.05, 0) is 55.2 Å². The smallest absolute Gasteiger partial charge is 0.224 e. The fourth-order valence-electron chi connectivity index (χ4n) is 2.21. The molecular formula is C19H23NO2. The summed E-state index contributed by atoms with van der Waals surface area (Å²) in [4.78, 5) is 11.9. The number of benzene rings is 2. The summed E-state index contributed by atoms with van der Waals surface area (Å²) < 4.78 is 5.65. The number of rotatable bonds is 6. The molecule has 3 nitrogen and oxygen atoms in total. The van der Waals surface area contributed by atoms with Crippen LogP contribution in [0.2, 0.25) is 0 Å². The molecule has 0 spiro atoms. The van der Waals surface area contributed by atoms with Crippen molar-refractivity contribution in [3.05, 3.63) is 64.7 Å². The van der Waals surface area contributed by atoms with E-state index in [1.807, 2.05) is 49.4 Å². The Balaban J connectivity index is 1.73. The van der Waals surface area contributed by atoms with Gasteiger partial charge in [-0.2, -0.15) is 0 Å². The zero-order valence-corrected chi connectivity index (χ0v) is 13.5. The van der Waals surface area contributed by atoms with Gasteiger partial charge in [0.05, 0.1) is 13.0 Å². The van der Waals surface area contributed by atoms with Crippen LogP contribution >= 0.6 is 0 Å². The van der Waals surface area contributed by atoms with Crippen LogP contribution in [-0.2, 0) is 11.2 Å². The number of carbonyl (C=O) groups is 1. The average Bonchev–Trinajstić information content (AvgIpc) is 2.49. The van der Waals surface area contributed by atoms with E-state index < -0.39 is 0 Å². The first-order valence-corrected chi connectivity index (χ1v) is 7.57. The largest absolute Gasteiger partial charge is 0.492 e. The number of ether oxygens (including phenoxy) is 1. The lowest BCUT2D eigenvalue weighted by Crippen LogP contribution is -2.29. The van der Waals surface area contributed by atoms with Gasteiger partial charge in [-0.3, -0.25) is 4.79 Å². The van der Waals surface area contributed by atoms with Crippen molar-refractivity contribution < 1.29 is 9.53 Å². The second-order valence-corrected chi connectivity index (χ2v) is 5.55. The molecule has 0 aliphatic rings. The number of nitrogens with one attached hydrogen (secondary N) is 1. The third-order valence-electron chi connectivity index (χ3n) is 3.78. The van der Waals surface area contributed by atoms with Crippen molar-refractivity contribution in [3.63, 3.8) is 0 Å². The highest BCUT2D eigenvalue weighted by Gasteiger charge is 2.05. The van der Waals surface area contributed by atoms with E-state index in [1.165, 1.54) is 11.1 Å².